The average Bonchev–Trinajstić information content (AvgIpc) is 2.96. The van der Waals surface area contributed by atoms with Crippen molar-refractivity contribution in [2.75, 3.05) is 5.32 Å². The Bertz CT molecular complexity index is 595. The normalized spacial score (nSPS) is 11.4. The van der Waals surface area contributed by atoms with Gasteiger partial charge in [0.05, 0.1) is 0 Å². The highest BCUT2D eigenvalue weighted by atomic mass is 32.1. The summed E-state index contributed by atoms with van der Waals surface area (Å²) in [5, 5.41) is 9.68. The zero-order chi connectivity index (χ0) is 13.8. The molecule has 2 aromatic rings. The predicted molar refractivity (Wildman–Crippen MR) is 79.4 cm³/mol. The molecule has 0 aliphatic heterocycles. The average molecular weight is 275 g/mol. The topological polar surface area (TPSA) is 57.8 Å². The lowest BCUT2D eigenvalue weighted by atomic mass is 10.1. The van der Waals surface area contributed by atoms with Gasteiger partial charge in [0.2, 0.25) is 5.91 Å². The van der Waals surface area contributed by atoms with Gasteiger partial charge < -0.3 is 5.32 Å². The summed E-state index contributed by atoms with van der Waals surface area (Å²) in [6, 6.07) is 5.88. The molecule has 2 rings (SSSR count). The fourth-order valence-corrected chi connectivity index (χ4v) is 2.35. The second-order valence-corrected chi connectivity index (χ2v) is 5.95. The number of thiophene rings is 1. The number of H-pyrrole nitrogens is 1. The molecule has 2 aromatic heterocycles. The van der Waals surface area contributed by atoms with Gasteiger partial charge in [-0.1, -0.05) is 13.8 Å². The number of aromatic amines is 1. The molecule has 1 amide bonds. The van der Waals surface area contributed by atoms with Crippen LogP contribution in [0.15, 0.2) is 24.3 Å². The van der Waals surface area contributed by atoms with Gasteiger partial charge in [-0.05, 0) is 31.1 Å². The SMILES string of the molecule is Cc1ccc(/C=C/C(=O)Nc2cc(C(C)C)[nH]n2)s1. The van der Waals surface area contributed by atoms with E-state index in [1.165, 1.54) is 11.0 Å². The molecule has 0 spiro atoms. The molecule has 0 radical (unpaired) electrons. The highest BCUT2D eigenvalue weighted by Gasteiger charge is 2.06. The Kier molecular flexibility index (Phi) is 4.16. The molecule has 0 bridgehead atoms. The number of aryl methyl sites for hydroxylation is 1. The van der Waals surface area contributed by atoms with Crippen molar-refractivity contribution in [3.8, 4) is 0 Å². The van der Waals surface area contributed by atoms with Crippen LogP contribution in [0.4, 0.5) is 5.82 Å². The van der Waals surface area contributed by atoms with Crippen LogP contribution in [-0.2, 0) is 4.79 Å². The first-order valence-corrected chi connectivity index (χ1v) is 6.97. The number of hydrogen-bond donors (Lipinski definition) is 2. The van der Waals surface area contributed by atoms with Crippen molar-refractivity contribution >= 4 is 29.1 Å². The number of aromatic nitrogens is 2. The van der Waals surface area contributed by atoms with Crippen LogP contribution in [0.2, 0.25) is 0 Å². The van der Waals surface area contributed by atoms with Crippen LogP contribution in [0, 0.1) is 6.92 Å². The summed E-state index contributed by atoms with van der Waals surface area (Å²) in [5.74, 6) is 0.747. The quantitative estimate of drug-likeness (QED) is 0.838. The molecule has 0 aliphatic carbocycles. The summed E-state index contributed by atoms with van der Waals surface area (Å²) in [6.45, 7) is 6.18. The number of nitrogens with one attached hydrogen (secondary N) is 2. The molecule has 0 saturated carbocycles. The Morgan fingerprint density at radius 1 is 1.47 bits per heavy atom. The Labute approximate surface area is 116 Å². The third-order valence-electron chi connectivity index (χ3n) is 2.63. The van der Waals surface area contributed by atoms with Crippen molar-refractivity contribution in [3.63, 3.8) is 0 Å². The smallest absolute Gasteiger partial charge is 0.249 e. The second-order valence-electron chi connectivity index (χ2n) is 4.63. The van der Waals surface area contributed by atoms with Crippen LogP contribution in [0.3, 0.4) is 0 Å². The molecular formula is C14H17N3OS. The number of carbonyl (C=O) groups is 1. The predicted octanol–water partition coefficient (Wildman–Crippen LogP) is 3.55. The molecule has 0 unspecified atom stereocenters. The van der Waals surface area contributed by atoms with Gasteiger partial charge in [0.25, 0.3) is 0 Å². The van der Waals surface area contributed by atoms with Gasteiger partial charge in [0.1, 0.15) is 0 Å². The van der Waals surface area contributed by atoms with Crippen LogP contribution < -0.4 is 5.32 Å². The number of carbonyl (C=O) groups excluding carboxylic acids is 1. The number of rotatable bonds is 4. The lowest BCUT2D eigenvalue weighted by Gasteiger charge is -1.97. The van der Waals surface area contributed by atoms with E-state index in [1.807, 2.05) is 31.2 Å². The van der Waals surface area contributed by atoms with E-state index in [0.717, 1.165) is 10.6 Å². The fraction of sp³-hybridized carbons (Fsp3) is 0.286. The molecule has 2 N–H and O–H groups in total. The molecule has 0 atom stereocenters. The summed E-state index contributed by atoms with van der Waals surface area (Å²) in [5.41, 5.74) is 1.01. The number of nitrogens with zero attached hydrogens (tertiary/aromatic N) is 1. The highest BCUT2D eigenvalue weighted by Crippen LogP contribution is 2.17. The lowest BCUT2D eigenvalue weighted by molar-refractivity contribution is -0.111. The molecule has 100 valence electrons. The van der Waals surface area contributed by atoms with Crippen molar-refractivity contribution in [1.82, 2.24) is 10.2 Å². The third kappa shape index (κ3) is 3.79. The summed E-state index contributed by atoms with van der Waals surface area (Å²) in [6.07, 6.45) is 3.33. The Balaban J connectivity index is 1.95. The fourth-order valence-electron chi connectivity index (χ4n) is 1.57. The Morgan fingerprint density at radius 2 is 2.26 bits per heavy atom. The Hall–Kier alpha value is -1.88. The number of anilines is 1. The van der Waals surface area contributed by atoms with Gasteiger partial charge in [-0.3, -0.25) is 9.89 Å². The zero-order valence-corrected chi connectivity index (χ0v) is 12.0. The van der Waals surface area contributed by atoms with E-state index in [4.69, 9.17) is 0 Å². The summed E-state index contributed by atoms with van der Waals surface area (Å²) in [7, 11) is 0. The maximum atomic E-state index is 11.7. The van der Waals surface area contributed by atoms with E-state index in [2.05, 4.69) is 29.4 Å². The number of hydrogen-bond acceptors (Lipinski definition) is 3. The first-order valence-electron chi connectivity index (χ1n) is 6.15. The van der Waals surface area contributed by atoms with E-state index in [0.29, 0.717) is 11.7 Å². The van der Waals surface area contributed by atoms with Crippen LogP contribution in [0.1, 0.15) is 35.2 Å². The van der Waals surface area contributed by atoms with Crippen molar-refractivity contribution in [1.29, 1.82) is 0 Å². The van der Waals surface area contributed by atoms with Gasteiger partial charge in [0.15, 0.2) is 5.82 Å². The van der Waals surface area contributed by atoms with E-state index in [-0.39, 0.29) is 5.91 Å². The Morgan fingerprint density at radius 3 is 2.84 bits per heavy atom. The lowest BCUT2D eigenvalue weighted by Crippen LogP contribution is -2.07. The first kappa shape index (κ1) is 13.5. The molecule has 0 fully saturated rings. The van der Waals surface area contributed by atoms with Gasteiger partial charge in [-0.15, -0.1) is 11.3 Å². The minimum atomic E-state index is -0.173. The van der Waals surface area contributed by atoms with Crippen molar-refractivity contribution < 1.29 is 4.79 Å². The van der Waals surface area contributed by atoms with Gasteiger partial charge in [-0.2, -0.15) is 5.10 Å². The second kappa shape index (κ2) is 5.84. The van der Waals surface area contributed by atoms with Gasteiger partial charge >= 0.3 is 0 Å². The molecule has 0 aliphatic rings. The van der Waals surface area contributed by atoms with Crippen molar-refractivity contribution in [3.05, 3.63) is 39.7 Å². The maximum absolute atomic E-state index is 11.7. The van der Waals surface area contributed by atoms with Crippen LogP contribution >= 0.6 is 11.3 Å². The van der Waals surface area contributed by atoms with Crippen LogP contribution in [0.25, 0.3) is 6.08 Å². The van der Waals surface area contributed by atoms with Gasteiger partial charge in [-0.25, -0.2) is 0 Å². The molecule has 0 aromatic carbocycles. The van der Waals surface area contributed by atoms with Crippen LogP contribution in [-0.4, -0.2) is 16.1 Å². The monoisotopic (exact) mass is 275 g/mol. The van der Waals surface area contributed by atoms with E-state index in [1.54, 1.807) is 11.3 Å². The first-order chi connectivity index (χ1) is 9.04. The summed E-state index contributed by atoms with van der Waals surface area (Å²) >= 11 is 1.66. The van der Waals surface area contributed by atoms with E-state index < -0.39 is 0 Å². The van der Waals surface area contributed by atoms with Crippen molar-refractivity contribution in [2.45, 2.75) is 26.7 Å². The standard InChI is InChI=1S/C14H17N3OS/c1-9(2)12-8-13(17-16-12)15-14(18)7-6-11-5-4-10(3)19-11/h4-9H,1-3H3,(H2,15,16,17,18)/b7-6+. The minimum Gasteiger partial charge on any atom is -0.306 e. The third-order valence-corrected chi connectivity index (χ3v) is 3.60. The maximum Gasteiger partial charge on any atom is 0.249 e. The van der Waals surface area contributed by atoms with E-state index >= 15 is 0 Å². The van der Waals surface area contributed by atoms with E-state index in [9.17, 15) is 4.79 Å². The minimum absolute atomic E-state index is 0.173. The highest BCUT2D eigenvalue weighted by molar-refractivity contribution is 7.12. The number of amides is 1. The molecule has 5 heteroatoms. The largest absolute Gasteiger partial charge is 0.306 e. The zero-order valence-electron chi connectivity index (χ0n) is 11.2. The van der Waals surface area contributed by atoms with Crippen molar-refractivity contribution in [2.24, 2.45) is 0 Å². The molecule has 2 heterocycles. The molecular weight excluding hydrogens is 258 g/mol. The molecule has 19 heavy (non-hydrogen) atoms. The molecule has 0 saturated heterocycles. The van der Waals surface area contributed by atoms with Crippen LogP contribution in [0.5, 0.6) is 0 Å². The summed E-state index contributed by atoms with van der Waals surface area (Å²) in [4.78, 5) is 14.0. The molecule has 4 nitrogen and oxygen atoms in total. The van der Waals surface area contributed by atoms with Gasteiger partial charge in [0, 0.05) is 27.6 Å². The summed E-state index contributed by atoms with van der Waals surface area (Å²) < 4.78 is 0.